The highest BCUT2D eigenvalue weighted by atomic mass is 79.9. The van der Waals surface area contributed by atoms with Crippen molar-refractivity contribution in [1.29, 1.82) is 0 Å². The van der Waals surface area contributed by atoms with Crippen molar-refractivity contribution in [3.8, 4) is 0 Å². The van der Waals surface area contributed by atoms with Crippen molar-refractivity contribution in [2.75, 3.05) is 5.33 Å². The Labute approximate surface area is 86.6 Å². The summed E-state index contributed by atoms with van der Waals surface area (Å²) in [6, 6.07) is 0. The van der Waals surface area contributed by atoms with Crippen LogP contribution in [-0.4, -0.2) is 25.5 Å². The molecule has 12 heavy (non-hydrogen) atoms. The van der Waals surface area contributed by atoms with Gasteiger partial charge in [-0.05, 0) is 27.2 Å². The predicted molar refractivity (Wildman–Crippen MR) is 61.9 cm³/mol. The van der Waals surface area contributed by atoms with Crippen molar-refractivity contribution in [3.05, 3.63) is 0 Å². The van der Waals surface area contributed by atoms with Crippen molar-refractivity contribution in [3.63, 3.8) is 0 Å². The van der Waals surface area contributed by atoms with E-state index in [4.69, 9.17) is 4.74 Å². The molecule has 0 aliphatic rings. The monoisotopic (exact) mass is 252 g/mol. The first kappa shape index (κ1) is 12.7. The van der Waals surface area contributed by atoms with Crippen LogP contribution in [0.15, 0.2) is 0 Å². The molecule has 0 spiro atoms. The number of ether oxygens (including phenoxy) is 1. The molecule has 1 nitrogen and oxygen atoms in total. The minimum absolute atomic E-state index is 0.0180. The second-order valence-electron chi connectivity index (χ2n) is 4.49. The standard InChI is InChI=1S/C9H21BrOSi/c1-9(2,3)11-8(6-7-10)12(4)5/h8,12H,6-7H2,1-5H3. The van der Waals surface area contributed by atoms with Gasteiger partial charge in [-0.2, -0.15) is 0 Å². The van der Waals surface area contributed by atoms with Crippen LogP contribution in [0, 0.1) is 0 Å². The second kappa shape index (κ2) is 5.40. The van der Waals surface area contributed by atoms with Crippen molar-refractivity contribution in [2.45, 2.75) is 51.6 Å². The van der Waals surface area contributed by atoms with Gasteiger partial charge in [0, 0.05) is 11.1 Å². The number of hydrogen-bond donors (Lipinski definition) is 0. The number of rotatable bonds is 4. The fourth-order valence-corrected chi connectivity index (χ4v) is 3.54. The molecule has 0 rings (SSSR count). The van der Waals surface area contributed by atoms with Gasteiger partial charge in [0.15, 0.2) is 0 Å². The van der Waals surface area contributed by atoms with E-state index < -0.39 is 8.80 Å². The SMILES string of the molecule is C[SiH](C)C(CCBr)OC(C)(C)C. The fraction of sp³-hybridized carbons (Fsp3) is 1.00. The van der Waals surface area contributed by atoms with E-state index in [1.54, 1.807) is 0 Å². The third kappa shape index (κ3) is 6.20. The van der Waals surface area contributed by atoms with E-state index in [2.05, 4.69) is 49.8 Å². The number of hydrogen-bond acceptors (Lipinski definition) is 1. The normalized spacial score (nSPS) is 15.2. The Morgan fingerprint density at radius 1 is 1.33 bits per heavy atom. The summed E-state index contributed by atoms with van der Waals surface area (Å²) in [4.78, 5) is 0. The predicted octanol–water partition coefficient (Wildman–Crippen LogP) is 2.98. The average Bonchev–Trinajstić information content (AvgIpc) is 1.83. The van der Waals surface area contributed by atoms with Gasteiger partial charge >= 0.3 is 0 Å². The average molecular weight is 253 g/mol. The molecule has 3 heteroatoms. The van der Waals surface area contributed by atoms with E-state index in [-0.39, 0.29) is 5.60 Å². The first-order valence-corrected chi connectivity index (χ1v) is 8.70. The van der Waals surface area contributed by atoms with Crippen molar-refractivity contribution < 1.29 is 4.74 Å². The molecule has 0 aliphatic heterocycles. The molecule has 1 unspecified atom stereocenters. The van der Waals surface area contributed by atoms with Crippen molar-refractivity contribution in [2.24, 2.45) is 0 Å². The number of halogens is 1. The molecule has 74 valence electrons. The van der Waals surface area contributed by atoms with E-state index in [9.17, 15) is 0 Å². The Hall–Kier alpha value is 0.657. The van der Waals surface area contributed by atoms with Gasteiger partial charge in [0.1, 0.15) is 0 Å². The van der Waals surface area contributed by atoms with Crippen LogP contribution >= 0.6 is 15.9 Å². The third-order valence-corrected chi connectivity index (χ3v) is 4.06. The van der Waals surface area contributed by atoms with E-state index in [0.717, 1.165) is 11.8 Å². The molecule has 0 saturated carbocycles. The summed E-state index contributed by atoms with van der Waals surface area (Å²) >= 11 is 3.47. The van der Waals surface area contributed by atoms with E-state index >= 15 is 0 Å². The molecule has 0 heterocycles. The van der Waals surface area contributed by atoms with Gasteiger partial charge in [-0.3, -0.25) is 0 Å². The van der Waals surface area contributed by atoms with Crippen LogP contribution in [0.5, 0.6) is 0 Å². The van der Waals surface area contributed by atoms with Gasteiger partial charge in [-0.25, -0.2) is 0 Å². The molecule has 0 radical (unpaired) electrons. The molecule has 0 saturated heterocycles. The molecular weight excluding hydrogens is 232 g/mol. The lowest BCUT2D eigenvalue weighted by Gasteiger charge is -2.29. The van der Waals surface area contributed by atoms with E-state index in [1.807, 2.05) is 0 Å². The highest BCUT2D eigenvalue weighted by molar-refractivity contribution is 9.09. The summed E-state index contributed by atoms with van der Waals surface area (Å²) in [7, 11) is -0.655. The van der Waals surface area contributed by atoms with Gasteiger partial charge in [0.25, 0.3) is 0 Å². The molecule has 0 fully saturated rings. The Morgan fingerprint density at radius 3 is 2.08 bits per heavy atom. The lowest BCUT2D eigenvalue weighted by Crippen LogP contribution is -2.36. The zero-order chi connectivity index (χ0) is 9.78. The quantitative estimate of drug-likeness (QED) is 0.553. The molecule has 0 aromatic rings. The summed E-state index contributed by atoms with van der Waals surface area (Å²) in [5, 5.41) is 1.05. The summed E-state index contributed by atoms with van der Waals surface area (Å²) in [5.74, 6) is 0. The van der Waals surface area contributed by atoms with Gasteiger partial charge in [-0.1, -0.05) is 29.0 Å². The summed E-state index contributed by atoms with van der Waals surface area (Å²) in [6.07, 6.45) is 1.15. The maximum absolute atomic E-state index is 5.97. The minimum atomic E-state index is -0.655. The molecule has 0 bridgehead atoms. The third-order valence-electron chi connectivity index (χ3n) is 1.64. The van der Waals surface area contributed by atoms with Gasteiger partial charge < -0.3 is 4.74 Å². The fourth-order valence-electron chi connectivity index (χ4n) is 1.09. The zero-order valence-electron chi connectivity index (χ0n) is 8.86. The Morgan fingerprint density at radius 2 is 1.83 bits per heavy atom. The molecule has 0 aliphatic carbocycles. The minimum Gasteiger partial charge on any atom is -0.376 e. The highest BCUT2D eigenvalue weighted by Crippen LogP contribution is 2.15. The van der Waals surface area contributed by atoms with E-state index in [0.29, 0.717) is 5.73 Å². The number of alkyl halides is 1. The topological polar surface area (TPSA) is 9.23 Å². The van der Waals surface area contributed by atoms with Gasteiger partial charge in [0.2, 0.25) is 0 Å². The summed E-state index contributed by atoms with van der Waals surface area (Å²) in [6.45, 7) is 11.1. The Bertz CT molecular complexity index is 120. The molecule has 1 atom stereocenters. The lowest BCUT2D eigenvalue weighted by atomic mass is 10.2. The van der Waals surface area contributed by atoms with Crippen LogP contribution in [0.4, 0.5) is 0 Å². The molecule has 0 N–H and O–H groups in total. The van der Waals surface area contributed by atoms with Crippen LogP contribution in [-0.2, 0) is 4.74 Å². The largest absolute Gasteiger partial charge is 0.376 e. The zero-order valence-corrected chi connectivity index (χ0v) is 11.6. The Balaban J connectivity index is 3.95. The van der Waals surface area contributed by atoms with Crippen LogP contribution in [0.25, 0.3) is 0 Å². The summed E-state index contributed by atoms with van der Waals surface area (Å²) < 4.78 is 5.97. The maximum Gasteiger partial charge on any atom is 0.0656 e. The van der Waals surface area contributed by atoms with Gasteiger partial charge in [0.05, 0.1) is 14.4 Å². The lowest BCUT2D eigenvalue weighted by molar-refractivity contribution is -0.0264. The molecule has 0 aromatic carbocycles. The van der Waals surface area contributed by atoms with Crippen LogP contribution in [0.3, 0.4) is 0 Å². The van der Waals surface area contributed by atoms with Crippen LogP contribution in [0.2, 0.25) is 13.1 Å². The molecule has 0 aromatic heterocycles. The summed E-state index contributed by atoms with van der Waals surface area (Å²) in [5.41, 5.74) is 0.536. The van der Waals surface area contributed by atoms with Crippen LogP contribution < -0.4 is 0 Å². The first-order chi connectivity index (χ1) is 5.37. The van der Waals surface area contributed by atoms with Gasteiger partial charge in [-0.15, -0.1) is 0 Å². The van der Waals surface area contributed by atoms with E-state index in [1.165, 1.54) is 0 Å². The van der Waals surface area contributed by atoms with Crippen LogP contribution in [0.1, 0.15) is 27.2 Å². The first-order valence-electron chi connectivity index (χ1n) is 4.60. The second-order valence-corrected chi connectivity index (χ2v) is 8.51. The smallest absolute Gasteiger partial charge is 0.0656 e. The van der Waals surface area contributed by atoms with Crippen molar-refractivity contribution in [1.82, 2.24) is 0 Å². The Kier molecular flexibility index (Phi) is 5.70. The maximum atomic E-state index is 5.97. The highest BCUT2D eigenvalue weighted by Gasteiger charge is 2.21. The van der Waals surface area contributed by atoms with Crippen molar-refractivity contribution >= 4 is 24.7 Å². The molecular formula is C9H21BrOSi. The molecule has 0 amide bonds.